The van der Waals surface area contributed by atoms with E-state index in [1.54, 1.807) is 13.2 Å². The van der Waals surface area contributed by atoms with Gasteiger partial charge in [0.1, 0.15) is 5.75 Å². The number of benzene rings is 1. The van der Waals surface area contributed by atoms with Crippen LogP contribution in [0, 0.1) is 11.3 Å². The number of methoxy groups -OCH3 is 1. The van der Waals surface area contributed by atoms with E-state index in [1.807, 2.05) is 12.1 Å². The minimum Gasteiger partial charge on any atom is -0.496 e. The highest BCUT2D eigenvalue weighted by atomic mass is 16.5. The molecular formula is C14H20N2O. The maximum Gasteiger partial charge on any atom is 0.123 e. The maximum absolute atomic E-state index is 8.86. The van der Waals surface area contributed by atoms with E-state index in [0.717, 1.165) is 24.4 Å². The van der Waals surface area contributed by atoms with Gasteiger partial charge in [0, 0.05) is 12.1 Å². The molecule has 1 aromatic rings. The van der Waals surface area contributed by atoms with Crippen molar-refractivity contribution in [2.24, 2.45) is 0 Å². The Morgan fingerprint density at radius 3 is 2.82 bits per heavy atom. The predicted octanol–water partition coefficient (Wildman–Crippen LogP) is 2.85. The molecule has 0 aromatic heterocycles. The molecule has 0 aliphatic heterocycles. The van der Waals surface area contributed by atoms with E-state index in [-0.39, 0.29) is 0 Å². The van der Waals surface area contributed by atoms with Crippen LogP contribution in [0.2, 0.25) is 0 Å². The second kappa shape index (κ2) is 7.70. The summed E-state index contributed by atoms with van der Waals surface area (Å²) < 4.78 is 5.27. The van der Waals surface area contributed by atoms with Crippen molar-refractivity contribution in [2.75, 3.05) is 13.7 Å². The molecular weight excluding hydrogens is 212 g/mol. The summed E-state index contributed by atoms with van der Waals surface area (Å²) in [5.41, 5.74) is 1.72. The highest BCUT2D eigenvalue weighted by molar-refractivity contribution is 5.41. The monoisotopic (exact) mass is 232 g/mol. The first-order chi connectivity index (χ1) is 8.31. The van der Waals surface area contributed by atoms with E-state index in [4.69, 9.17) is 10.00 Å². The molecule has 0 saturated carbocycles. The van der Waals surface area contributed by atoms with Gasteiger partial charge >= 0.3 is 0 Å². The van der Waals surface area contributed by atoms with Crippen molar-refractivity contribution in [2.45, 2.75) is 32.7 Å². The topological polar surface area (TPSA) is 45.0 Å². The molecule has 92 valence electrons. The zero-order valence-corrected chi connectivity index (χ0v) is 10.6. The minimum atomic E-state index is 0.677. The molecule has 0 fully saturated rings. The lowest BCUT2D eigenvalue weighted by atomic mass is 10.1. The fourth-order valence-electron chi connectivity index (χ4n) is 1.71. The van der Waals surface area contributed by atoms with Crippen LogP contribution < -0.4 is 10.1 Å². The summed E-state index contributed by atoms with van der Waals surface area (Å²) in [6, 6.07) is 7.65. The summed E-state index contributed by atoms with van der Waals surface area (Å²) in [5, 5.41) is 12.2. The standard InChI is InChI=1S/C14H20N2O/c1-3-4-5-8-16-11-13-9-12(10-15)6-7-14(13)17-2/h6-7,9,16H,3-5,8,11H2,1-2H3. The molecule has 0 amide bonds. The third-order valence-electron chi connectivity index (χ3n) is 2.68. The summed E-state index contributed by atoms with van der Waals surface area (Å²) in [4.78, 5) is 0. The predicted molar refractivity (Wildman–Crippen MR) is 68.9 cm³/mol. The smallest absolute Gasteiger partial charge is 0.123 e. The van der Waals surface area contributed by atoms with Crippen LogP contribution in [0.5, 0.6) is 5.75 Å². The summed E-state index contributed by atoms with van der Waals surface area (Å²) in [6.07, 6.45) is 3.67. The Labute approximate surface area is 103 Å². The van der Waals surface area contributed by atoms with Gasteiger partial charge in [0.25, 0.3) is 0 Å². The van der Waals surface area contributed by atoms with Gasteiger partial charge < -0.3 is 10.1 Å². The van der Waals surface area contributed by atoms with Crippen LogP contribution in [0.25, 0.3) is 0 Å². The molecule has 0 spiro atoms. The van der Waals surface area contributed by atoms with Gasteiger partial charge in [-0.3, -0.25) is 0 Å². The molecule has 0 saturated heterocycles. The second-order valence-electron chi connectivity index (χ2n) is 4.02. The van der Waals surface area contributed by atoms with Gasteiger partial charge in [0.05, 0.1) is 18.7 Å². The average molecular weight is 232 g/mol. The third kappa shape index (κ3) is 4.46. The van der Waals surface area contributed by atoms with Crippen LogP contribution in [0.1, 0.15) is 37.3 Å². The van der Waals surface area contributed by atoms with Crippen molar-refractivity contribution in [3.05, 3.63) is 29.3 Å². The Bertz CT molecular complexity index is 382. The molecule has 0 atom stereocenters. The van der Waals surface area contributed by atoms with Crippen LogP contribution in [-0.4, -0.2) is 13.7 Å². The first-order valence-electron chi connectivity index (χ1n) is 6.09. The molecule has 3 nitrogen and oxygen atoms in total. The van der Waals surface area contributed by atoms with Gasteiger partial charge in [-0.15, -0.1) is 0 Å². The fraction of sp³-hybridized carbons (Fsp3) is 0.500. The van der Waals surface area contributed by atoms with Crippen LogP contribution in [0.15, 0.2) is 18.2 Å². The van der Waals surface area contributed by atoms with Gasteiger partial charge in [-0.1, -0.05) is 19.8 Å². The summed E-state index contributed by atoms with van der Waals surface area (Å²) in [6.45, 7) is 3.95. The zero-order chi connectivity index (χ0) is 12.5. The molecule has 1 N–H and O–H groups in total. The highest BCUT2D eigenvalue weighted by Crippen LogP contribution is 2.19. The lowest BCUT2D eigenvalue weighted by Gasteiger charge is -2.09. The summed E-state index contributed by atoms with van der Waals surface area (Å²) in [7, 11) is 1.65. The maximum atomic E-state index is 8.86. The Balaban J connectivity index is 2.53. The molecule has 0 radical (unpaired) electrons. The van der Waals surface area contributed by atoms with Crippen LogP contribution in [-0.2, 0) is 6.54 Å². The number of rotatable bonds is 7. The molecule has 0 heterocycles. The molecule has 17 heavy (non-hydrogen) atoms. The van der Waals surface area contributed by atoms with Gasteiger partial charge in [-0.05, 0) is 31.2 Å². The summed E-state index contributed by atoms with van der Waals surface area (Å²) in [5.74, 6) is 0.840. The molecule has 0 aliphatic rings. The van der Waals surface area contributed by atoms with Crippen molar-refractivity contribution in [1.82, 2.24) is 5.32 Å². The number of hydrogen-bond acceptors (Lipinski definition) is 3. The van der Waals surface area contributed by atoms with E-state index < -0.39 is 0 Å². The van der Waals surface area contributed by atoms with E-state index >= 15 is 0 Å². The minimum absolute atomic E-state index is 0.677. The first-order valence-corrected chi connectivity index (χ1v) is 6.09. The molecule has 0 bridgehead atoms. The van der Waals surface area contributed by atoms with Crippen molar-refractivity contribution >= 4 is 0 Å². The second-order valence-corrected chi connectivity index (χ2v) is 4.02. The Morgan fingerprint density at radius 1 is 1.35 bits per heavy atom. The molecule has 1 aromatic carbocycles. The largest absolute Gasteiger partial charge is 0.496 e. The van der Waals surface area contributed by atoms with Crippen molar-refractivity contribution in [1.29, 1.82) is 5.26 Å². The number of nitrogens with zero attached hydrogens (tertiary/aromatic N) is 1. The SMILES string of the molecule is CCCCCNCc1cc(C#N)ccc1OC. The normalized spacial score (nSPS) is 9.94. The Hall–Kier alpha value is -1.53. The average Bonchev–Trinajstić information content (AvgIpc) is 2.38. The first kappa shape index (κ1) is 13.5. The van der Waals surface area contributed by atoms with Crippen molar-refractivity contribution < 1.29 is 4.74 Å². The molecule has 3 heteroatoms. The lowest BCUT2D eigenvalue weighted by molar-refractivity contribution is 0.407. The molecule has 0 aliphatic carbocycles. The number of nitrogens with one attached hydrogen (secondary N) is 1. The van der Waals surface area contributed by atoms with E-state index in [0.29, 0.717) is 5.56 Å². The third-order valence-corrected chi connectivity index (χ3v) is 2.68. The lowest BCUT2D eigenvalue weighted by Crippen LogP contribution is -2.15. The van der Waals surface area contributed by atoms with E-state index in [9.17, 15) is 0 Å². The quantitative estimate of drug-likeness (QED) is 0.735. The van der Waals surface area contributed by atoms with Gasteiger partial charge in [0.2, 0.25) is 0 Å². The fourth-order valence-corrected chi connectivity index (χ4v) is 1.71. The number of ether oxygens (including phenoxy) is 1. The van der Waals surface area contributed by atoms with E-state index in [1.165, 1.54) is 19.3 Å². The van der Waals surface area contributed by atoms with Gasteiger partial charge in [-0.25, -0.2) is 0 Å². The molecule has 0 unspecified atom stereocenters. The summed E-state index contributed by atoms with van der Waals surface area (Å²) >= 11 is 0. The van der Waals surface area contributed by atoms with Gasteiger partial charge in [0.15, 0.2) is 0 Å². The number of hydrogen-bond donors (Lipinski definition) is 1. The Kier molecular flexibility index (Phi) is 6.13. The highest BCUT2D eigenvalue weighted by Gasteiger charge is 2.03. The van der Waals surface area contributed by atoms with Crippen molar-refractivity contribution in [3.8, 4) is 11.8 Å². The van der Waals surface area contributed by atoms with Crippen LogP contribution in [0.4, 0.5) is 0 Å². The molecule has 1 rings (SSSR count). The number of unbranched alkanes of at least 4 members (excludes halogenated alkanes) is 2. The van der Waals surface area contributed by atoms with Crippen LogP contribution in [0.3, 0.4) is 0 Å². The Morgan fingerprint density at radius 2 is 2.18 bits per heavy atom. The number of nitriles is 1. The van der Waals surface area contributed by atoms with Gasteiger partial charge in [-0.2, -0.15) is 5.26 Å². The van der Waals surface area contributed by atoms with E-state index in [2.05, 4.69) is 18.3 Å². The zero-order valence-electron chi connectivity index (χ0n) is 10.6. The van der Waals surface area contributed by atoms with Crippen molar-refractivity contribution in [3.63, 3.8) is 0 Å². The van der Waals surface area contributed by atoms with Crippen LogP contribution >= 0.6 is 0 Å².